The third kappa shape index (κ3) is 2.34. The molecule has 0 N–H and O–H groups in total. The average Bonchev–Trinajstić information content (AvgIpc) is 2.49. The first-order valence-corrected chi connectivity index (χ1v) is 5.06. The van der Waals surface area contributed by atoms with Crippen LogP contribution in [-0.2, 0) is 7.05 Å². The minimum Gasteiger partial charge on any atom is -0.334 e. The van der Waals surface area contributed by atoms with Crippen LogP contribution in [0.1, 0.15) is 25.8 Å². The van der Waals surface area contributed by atoms with E-state index in [1.54, 1.807) is 0 Å². The van der Waals surface area contributed by atoms with Crippen molar-refractivity contribution < 1.29 is 0 Å². The molecule has 0 aliphatic rings. The number of fused-ring (bicyclic) bond motifs is 1. The standard InChI is InChI=1S/C9H10N2.C3H8/c1-7-3-4-9-8(5-7)10-6-11(9)2;1-3-2/h3-6H,1-2H3;3H2,1-2H3. The minimum atomic E-state index is 1.08. The first-order valence-electron chi connectivity index (χ1n) is 5.06. The Morgan fingerprint density at radius 1 is 1.29 bits per heavy atom. The van der Waals surface area contributed by atoms with Gasteiger partial charge in [0.1, 0.15) is 0 Å². The zero-order valence-electron chi connectivity index (χ0n) is 9.41. The molecule has 0 radical (unpaired) electrons. The molecule has 0 saturated carbocycles. The van der Waals surface area contributed by atoms with E-state index in [1.807, 2.05) is 17.9 Å². The SMILES string of the molecule is CCC.Cc1ccc2c(c1)ncn2C. The smallest absolute Gasteiger partial charge is 0.0955 e. The summed E-state index contributed by atoms with van der Waals surface area (Å²) in [5, 5.41) is 0. The number of nitrogens with zero attached hydrogens (tertiary/aromatic N) is 2. The van der Waals surface area contributed by atoms with Gasteiger partial charge < -0.3 is 4.57 Å². The quantitative estimate of drug-likeness (QED) is 0.623. The molecule has 1 aromatic heterocycles. The molecule has 0 amide bonds. The van der Waals surface area contributed by atoms with Gasteiger partial charge in [-0.1, -0.05) is 26.3 Å². The van der Waals surface area contributed by atoms with Crippen molar-refractivity contribution in [2.75, 3.05) is 0 Å². The van der Waals surface area contributed by atoms with E-state index < -0.39 is 0 Å². The molecule has 2 rings (SSSR count). The molecule has 0 spiro atoms. The van der Waals surface area contributed by atoms with Gasteiger partial charge in [-0.25, -0.2) is 4.98 Å². The Labute approximate surface area is 85.6 Å². The van der Waals surface area contributed by atoms with Crippen molar-refractivity contribution in [2.45, 2.75) is 27.2 Å². The van der Waals surface area contributed by atoms with Crippen molar-refractivity contribution >= 4 is 11.0 Å². The summed E-state index contributed by atoms with van der Waals surface area (Å²) < 4.78 is 2.02. The topological polar surface area (TPSA) is 17.8 Å². The second-order valence-corrected chi connectivity index (χ2v) is 3.55. The van der Waals surface area contributed by atoms with Crippen LogP contribution in [0.5, 0.6) is 0 Å². The molecule has 76 valence electrons. The molecule has 0 aliphatic heterocycles. The summed E-state index contributed by atoms with van der Waals surface area (Å²) in [4.78, 5) is 4.24. The predicted molar refractivity (Wildman–Crippen MR) is 61.4 cm³/mol. The molecule has 0 unspecified atom stereocenters. The Bertz CT molecular complexity index is 402. The van der Waals surface area contributed by atoms with Crippen LogP contribution in [0.4, 0.5) is 0 Å². The summed E-state index contributed by atoms with van der Waals surface area (Å²) in [6.07, 6.45) is 3.09. The highest BCUT2D eigenvalue weighted by Gasteiger charge is 1.96. The van der Waals surface area contributed by atoms with E-state index in [2.05, 4.69) is 44.0 Å². The number of hydrogen-bond donors (Lipinski definition) is 0. The number of aromatic nitrogens is 2. The summed E-state index contributed by atoms with van der Waals surface area (Å²) in [5.41, 5.74) is 3.53. The summed E-state index contributed by atoms with van der Waals surface area (Å²) >= 11 is 0. The molecule has 14 heavy (non-hydrogen) atoms. The average molecular weight is 190 g/mol. The van der Waals surface area contributed by atoms with Crippen LogP contribution in [0.3, 0.4) is 0 Å². The van der Waals surface area contributed by atoms with Crippen LogP contribution in [-0.4, -0.2) is 9.55 Å². The van der Waals surface area contributed by atoms with E-state index in [9.17, 15) is 0 Å². The molecule has 2 aromatic rings. The van der Waals surface area contributed by atoms with E-state index in [0.717, 1.165) is 5.52 Å². The van der Waals surface area contributed by atoms with E-state index in [1.165, 1.54) is 17.5 Å². The van der Waals surface area contributed by atoms with Crippen molar-refractivity contribution in [3.05, 3.63) is 30.1 Å². The fraction of sp³-hybridized carbons (Fsp3) is 0.417. The highest BCUT2D eigenvalue weighted by molar-refractivity contribution is 5.75. The van der Waals surface area contributed by atoms with Crippen LogP contribution in [0, 0.1) is 6.92 Å². The maximum Gasteiger partial charge on any atom is 0.0955 e. The van der Waals surface area contributed by atoms with E-state index in [-0.39, 0.29) is 0 Å². The maximum atomic E-state index is 4.24. The number of imidazole rings is 1. The lowest BCUT2D eigenvalue weighted by atomic mass is 10.2. The van der Waals surface area contributed by atoms with E-state index in [4.69, 9.17) is 0 Å². The zero-order valence-corrected chi connectivity index (χ0v) is 9.41. The predicted octanol–water partition coefficient (Wildman–Crippen LogP) is 3.30. The summed E-state index contributed by atoms with van der Waals surface area (Å²) in [6.45, 7) is 6.33. The fourth-order valence-electron chi connectivity index (χ4n) is 1.25. The van der Waals surface area contributed by atoms with Crippen LogP contribution >= 0.6 is 0 Å². The van der Waals surface area contributed by atoms with Gasteiger partial charge in [0.25, 0.3) is 0 Å². The first-order chi connectivity index (χ1) is 6.69. The van der Waals surface area contributed by atoms with Crippen molar-refractivity contribution in [1.29, 1.82) is 0 Å². The van der Waals surface area contributed by atoms with Gasteiger partial charge in [0.15, 0.2) is 0 Å². The summed E-state index contributed by atoms with van der Waals surface area (Å²) in [7, 11) is 2.00. The monoisotopic (exact) mass is 190 g/mol. The molecule has 2 nitrogen and oxygen atoms in total. The van der Waals surface area contributed by atoms with Crippen molar-refractivity contribution in [2.24, 2.45) is 7.05 Å². The van der Waals surface area contributed by atoms with Gasteiger partial charge in [0, 0.05) is 7.05 Å². The maximum absolute atomic E-state index is 4.24. The molecule has 0 fully saturated rings. The summed E-state index contributed by atoms with van der Waals surface area (Å²) in [6, 6.07) is 6.29. The Kier molecular flexibility index (Phi) is 3.69. The Hall–Kier alpha value is -1.31. The second kappa shape index (κ2) is 4.80. The third-order valence-electron chi connectivity index (χ3n) is 1.88. The van der Waals surface area contributed by atoms with Gasteiger partial charge in [0.05, 0.1) is 17.4 Å². The highest BCUT2D eigenvalue weighted by atomic mass is 15.0. The van der Waals surface area contributed by atoms with Crippen LogP contribution in [0.15, 0.2) is 24.5 Å². The Balaban J connectivity index is 0.000000293. The van der Waals surface area contributed by atoms with Gasteiger partial charge in [-0.15, -0.1) is 0 Å². The first kappa shape index (κ1) is 10.8. The van der Waals surface area contributed by atoms with Crippen LogP contribution in [0.25, 0.3) is 11.0 Å². The molecule has 0 saturated heterocycles. The molecular formula is C12H18N2. The minimum absolute atomic E-state index is 1.08. The molecule has 0 bridgehead atoms. The number of aryl methyl sites for hydroxylation is 2. The normalized spacial score (nSPS) is 9.71. The van der Waals surface area contributed by atoms with Gasteiger partial charge >= 0.3 is 0 Å². The van der Waals surface area contributed by atoms with Crippen molar-refractivity contribution in [3.8, 4) is 0 Å². The Morgan fingerprint density at radius 2 is 1.93 bits per heavy atom. The zero-order chi connectivity index (χ0) is 10.6. The van der Waals surface area contributed by atoms with Gasteiger partial charge in [-0.2, -0.15) is 0 Å². The van der Waals surface area contributed by atoms with Crippen molar-refractivity contribution in [3.63, 3.8) is 0 Å². The third-order valence-corrected chi connectivity index (χ3v) is 1.88. The molecular weight excluding hydrogens is 172 g/mol. The lowest BCUT2D eigenvalue weighted by Crippen LogP contribution is -1.82. The molecule has 2 heteroatoms. The molecule has 1 aromatic carbocycles. The van der Waals surface area contributed by atoms with Gasteiger partial charge in [-0.3, -0.25) is 0 Å². The molecule has 1 heterocycles. The van der Waals surface area contributed by atoms with Gasteiger partial charge in [-0.05, 0) is 24.6 Å². The lowest BCUT2D eigenvalue weighted by Gasteiger charge is -1.93. The largest absolute Gasteiger partial charge is 0.334 e. The number of benzene rings is 1. The second-order valence-electron chi connectivity index (χ2n) is 3.55. The van der Waals surface area contributed by atoms with Crippen LogP contribution < -0.4 is 0 Å². The van der Waals surface area contributed by atoms with Crippen molar-refractivity contribution in [1.82, 2.24) is 9.55 Å². The van der Waals surface area contributed by atoms with E-state index in [0.29, 0.717) is 0 Å². The number of rotatable bonds is 0. The lowest BCUT2D eigenvalue weighted by molar-refractivity contribution is 0.947. The number of hydrogen-bond acceptors (Lipinski definition) is 1. The van der Waals surface area contributed by atoms with E-state index >= 15 is 0 Å². The summed E-state index contributed by atoms with van der Waals surface area (Å²) in [5.74, 6) is 0. The fourth-order valence-corrected chi connectivity index (χ4v) is 1.25. The highest BCUT2D eigenvalue weighted by Crippen LogP contribution is 2.12. The van der Waals surface area contributed by atoms with Crippen LogP contribution in [0.2, 0.25) is 0 Å². The molecule has 0 aliphatic carbocycles. The van der Waals surface area contributed by atoms with Gasteiger partial charge in [0.2, 0.25) is 0 Å². The molecule has 0 atom stereocenters. The Morgan fingerprint density at radius 3 is 2.57 bits per heavy atom.